The Labute approximate surface area is 102 Å². The summed E-state index contributed by atoms with van der Waals surface area (Å²) in [4.78, 5) is 2.21. The smallest absolute Gasteiger partial charge is 0.0644 e. The molecule has 0 aliphatic carbocycles. The number of nitrogens with zero attached hydrogens (tertiary/aromatic N) is 1. The maximum absolute atomic E-state index is 5.70. The predicted molar refractivity (Wildman–Crippen MR) is 71.0 cm³/mol. The summed E-state index contributed by atoms with van der Waals surface area (Å²) in [6, 6.07) is 0. The lowest BCUT2D eigenvalue weighted by atomic mass is 10.1. The minimum atomic E-state index is 0.143. The first kappa shape index (κ1) is 15.9. The van der Waals surface area contributed by atoms with Crippen molar-refractivity contribution >= 4 is 0 Å². The lowest BCUT2D eigenvalue weighted by Gasteiger charge is -2.32. The molecule has 0 spiro atoms. The molecule has 0 bridgehead atoms. The van der Waals surface area contributed by atoms with Gasteiger partial charge in [0.05, 0.1) is 6.61 Å². The average molecular weight is 230 g/mol. The SMILES string of the molecule is CCNCCCCCOCC(C)(C)N(C)C. The van der Waals surface area contributed by atoms with Gasteiger partial charge in [-0.1, -0.05) is 6.92 Å². The highest BCUT2D eigenvalue weighted by molar-refractivity contribution is 4.75. The molecular weight excluding hydrogens is 200 g/mol. The third-order valence-corrected chi connectivity index (χ3v) is 3.06. The van der Waals surface area contributed by atoms with Gasteiger partial charge in [-0.3, -0.25) is 0 Å². The highest BCUT2D eigenvalue weighted by atomic mass is 16.5. The number of hydrogen-bond acceptors (Lipinski definition) is 3. The predicted octanol–water partition coefficient (Wildman–Crippen LogP) is 2.12. The van der Waals surface area contributed by atoms with Gasteiger partial charge in [0.1, 0.15) is 0 Å². The van der Waals surface area contributed by atoms with Crippen molar-refractivity contribution in [2.24, 2.45) is 0 Å². The Morgan fingerprint density at radius 2 is 1.81 bits per heavy atom. The van der Waals surface area contributed by atoms with Crippen LogP contribution >= 0.6 is 0 Å². The normalized spacial score (nSPS) is 12.4. The Kier molecular flexibility index (Phi) is 8.90. The standard InChI is InChI=1S/C13H30N2O/c1-6-14-10-8-7-9-11-16-12-13(2,3)15(4)5/h14H,6-12H2,1-5H3. The second kappa shape index (κ2) is 8.97. The second-order valence-corrected chi connectivity index (χ2v) is 5.17. The molecule has 16 heavy (non-hydrogen) atoms. The monoisotopic (exact) mass is 230 g/mol. The molecule has 0 atom stereocenters. The third-order valence-electron chi connectivity index (χ3n) is 3.06. The zero-order valence-corrected chi connectivity index (χ0v) is 11.8. The van der Waals surface area contributed by atoms with Crippen LogP contribution < -0.4 is 5.32 Å². The molecule has 0 aromatic heterocycles. The molecule has 3 nitrogen and oxygen atoms in total. The van der Waals surface area contributed by atoms with E-state index in [1.807, 2.05) is 0 Å². The molecule has 0 unspecified atom stereocenters. The van der Waals surface area contributed by atoms with Gasteiger partial charge in [0.15, 0.2) is 0 Å². The van der Waals surface area contributed by atoms with E-state index in [2.05, 4.69) is 45.1 Å². The van der Waals surface area contributed by atoms with Crippen LogP contribution in [0.25, 0.3) is 0 Å². The van der Waals surface area contributed by atoms with Gasteiger partial charge in [-0.2, -0.15) is 0 Å². The van der Waals surface area contributed by atoms with Gasteiger partial charge in [0.2, 0.25) is 0 Å². The van der Waals surface area contributed by atoms with Crippen LogP contribution in [0.4, 0.5) is 0 Å². The Bertz CT molecular complexity index is 158. The van der Waals surface area contributed by atoms with Crippen molar-refractivity contribution in [3.63, 3.8) is 0 Å². The second-order valence-electron chi connectivity index (χ2n) is 5.17. The van der Waals surface area contributed by atoms with Crippen LogP contribution in [0.2, 0.25) is 0 Å². The van der Waals surface area contributed by atoms with Crippen molar-refractivity contribution < 1.29 is 4.74 Å². The summed E-state index contributed by atoms with van der Waals surface area (Å²) in [5, 5.41) is 3.33. The number of hydrogen-bond donors (Lipinski definition) is 1. The zero-order chi connectivity index (χ0) is 12.4. The fraction of sp³-hybridized carbons (Fsp3) is 1.00. The van der Waals surface area contributed by atoms with Gasteiger partial charge in [0.25, 0.3) is 0 Å². The van der Waals surface area contributed by atoms with E-state index in [-0.39, 0.29) is 5.54 Å². The molecule has 0 saturated carbocycles. The van der Waals surface area contributed by atoms with Crippen molar-refractivity contribution in [2.75, 3.05) is 40.4 Å². The largest absolute Gasteiger partial charge is 0.380 e. The summed E-state index contributed by atoms with van der Waals surface area (Å²) in [5.74, 6) is 0. The molecule has 0 amide bonds. The van der Waals surface area contributed by atoms with Crippen LogP contribution in [0, 0.1) is 0 Å². The zero-order valence-electron chi connectivity index (χ0n) is 11.8. The molecule has 1 N–H and O–H groups in total. The molecule has 0 heterocycles. The van der Waals surface area contributed by atoms with E-state index in [9.17, 15) is 0 Å². The first-order chi connectivity index (χ1) is 7.50. The molecular formula is C13H30N2O. The first-order valence-electron chi connectivity index (χ1n) is 6.46. The molecule has 0 saturated heterocycles. The number of nitrogens with one attached hydrogen (secondary N) is 1. The maximum Gasteiger partial charge on any atom is 0.0644 e. The Balaban J connectivity index is 3.27. The van der Waals surface area contributed by atoms with E-state index in [0.717, 1.165) is 26.3 Å². The Morgan fingerprint density at radius 1 is 1.12 bits per heavy atom. The summed E-state index contributed by atoms with van der Waals surface area (Å²) < 4.78 is 5.70. The number of rotatable bonds is 10. The minimum absolute atomic E-state index is 0.143. The Hall–Kier alpha value is -0.120. The minimum Gasteiger partial charge on any atom is -0.380 e. The van der Waals surface area contributed by atoms with Gasteiger partial charge in [-0.25, -0.2) is 0 Å². The van der Waals surface area contributed by atoms with Crippen molar-refractivity contribution in [3.05, 3.63) is 0 Å². The van der Waals surface area contributed by atoms with E-state index in [1.54, 1.807) is 0 Å². The number of ether oxygens (including phenoxy) is 1. The van der Waals surface area contributed by atoms with Crippen LogP contribution in [0.15, 0.2) is 0 Å². The van der Waals surface area contributed by atoms with Gasteiger partial charge >= 0.3 is 0 Å². The van der Waals surface area contributed by atoms with Gasteiger partial charge in [0, 0.05) is 12.1 Å². The first-order valence-corrected chi connectivity index (χ1v) is 6.46. The summed E-state index contributed by atoms with van der Waals surface area (Å²) >= 11 is 0. The van der Waals surface area contributed by atoms with E-state index >= 15 is 0 Å². The summed E-state index contributed by atoms with van der Waals surface area (Å²) in [6.45, 7) is 10.5. The fourth-order valence-electron chi connectivity index (χ4n) is 1.26. The van der Waals surface area contributed by atoms with E-state index in [0.29, 0.717) is 0 Å². The van der Waals surface area contributed by atoms with E-state index in [4.69, 9.17) is 4.74 Å². The number of unbranched alkanes of at least 4 members (excludes halogenated alkanes) is 2. The van der Waals surface area contributed by atoms with Gasteiger partial charge in [-0.15, -0.1) is 0 Å². The summed E-state index contributed by atoms with van der Waals surface area (Å²) in [5.41, 5.74) is 0.143. The van der Waals surface area contributed by atoms with E-state index < -0.39 is 0 Å². The van der Waals surface area contributed by atoms with Gasteiger partial charge in [-0.05, 0) is 60.3 Å². The summed E-state index contributed by atoms with van der Waals surface area (Å²) in [7, 11) is 4.19. The van der Waals surface area contributed by atoms with Crippen molar-refractivity contribution in [1.82, 2.24) is 10.2 Å². The molecule has 0 aromatic rings. The van der Waals surface area contributed by atoms with Crippen molar-refractivity contribution in [3.8, 4) is 0 Å². The molecule has 0 rings (SSSR count). The highest BCUT2D eigenvalue weighted by Gasteiger charge is 2.19. The lowest BCUT2D eigenvalue weighted by Crippen LogP contribution is -2.42. The van der Waals surface area contributed by atoms with Crippen molar-refractivity contribution in [1.29, 1.82) is 0 Å². The molecule has 3 heteroatoms. The third kappa shape index (κ3) is 8.08. The quantitative estimate of drug-likeness (QED) is 0.582. The maximum atomic E-state index is 5.70. The summed E-state index contributed by atoms with van der Waals surface area (Å²) in [6.07, 6.45) is 3.69. The molecule has 0 aromatic carbocycles. The Morgan fingerprint density at radius 3 is 2.38 bits per heavy atom. The fourth-order valence-corrected chi connectivity index (χ4v) is 1.26. The molecule has 0 fully saturated rings. The number of likely N-dealkylation sites (N-methyl/N-ethyl adjacent to an activating group) is 1. The molecule has 98 valence electrons. The van der Waals surface area contributed by atoms with Crippen LogP contribution in [0.3, 0.4) is 0 Å². The van der Waals surface area contributed by atoms with E-state index in [1.165, 1.54) is 19.3 Å². The van der Waals surface area contributed by atoms with Crippen LogP contribution in [-0.4, -0.2) is 50.8 Å². The van der Waals surface area contributed by atoms with Crippen LogP contribution in [-0.2, 0) is 4.74 Å². The average Bonchev–Trinajstić information content (AvgIpc) is 2.21. The lowest BCUT2D eigenvalue weighted by molar-refractivity contribution is 0.0345. The van der Waals surface area contributed by atoms with Crippen molar-refractivity contribution in [2.45, 2.75) is 45.6 Å². The van der Waals surface area contributed by atoms with Crippen LogP contribution in [0.5, 0.6) is 0 Å². The van der Waals surface area contributed by atoms with Crippen LogP contribution in [0.1, 0.15) is 40.0 Å². The molecule has 0 aliphatic heterocycles. The van der Waals surface area contributed by atoms with Gasteiger partial charge < -0.3 is 15.0 Å². The molecule has 0 aliphatic rings. The molecule has 0 radical (unpaired) electrons. The highest BCUT2D eigenvalue weighted by Crippen LogP contribution is 2.10. The topological polar surface area (TPSA) is 24.5 Å².